The quantitative estimate of drug-likeness (QED) is 0.791. The van der Waals surface area contributed by atoms with E-state index in [0.717, 1.165) is 11.9 Å². The number of para-hydroxylation sites is 1. The molecule has 1 atom stereocenters. The summed E-state index contributed by atoms with van der Waals surface area (Å²) in [6, 6.07) is 9.40. The zero-order valence-corrected chi connectivity index (χ0v) is 12.3. The van der Waals surface area contributed by atoms with Crippen molar-refractivity contribution >= 4 is 21.6 Å². The molecule has 1 saturated heterocycles. The van der Waals surface area contributed by atoms with Crippen LogP contribution < -0.4 is 4.90 Å². The van der Waals surface area contributed by atoms with Crippen LogP contribution in [-0.2, 0) is 5.33 Å². The second-order valence-corrected chi connectivity index (χ2v) is 5.53. The van der Waals surface area contributed by atoms with Crippen molar-refractivity contribution in [2.75, 3.05) is 32.1 Å². The average Bonchev–Trinajstić information content (AvgIpc) is 2.39. The van der Waals surface area contributed by atoms with E-state index in [1.807, 2.05) is 0 Å². The van der Waals surface area contributed by atoms with Crippen molar-refractivity contribution in [3.8, 4) is 0 Å². The highest BCUT2D eigenvalue weighted by molar-refractivity contribution is 9.08. The highest BCUT2D eigenvalue weighted by Crippen LogP contribution is 2.26. The minimum atomic E-state index is 0.687. The molecule has 0 N–H and O–H groups in total. The van der Waals surface area contributed by atoms with Crippen molar-refractivity contribution in [2.24, 2.45) is 0 Å². The van der Waals surface area contributed by atoms with Gasteiger partial charge in [-0.3, -0.25) is 0 Å². The minimum Gasteiger partial charge on any atom is -0.370 e. The summed E-state index contributed by atoms with van der Waals surface area (Å²) < 4.78 is 0. The molecule has 0 saturated carbocycles. The molecule has 0 amide bonds. The fraction of sp³-hybridized carbons (Fsp3) is 0.571. The third kappa shape index (κ3) is 3.02. The molecule has 1 heterocycles. The van der Waals surface area contributed by atoms with Crippen molar-refractivity contribution in [1.82, 2.24) is 4.90 Å². The molecule has 1 fully saturated rings. The van der Waals surface area contributed by atoms with Crippen LogP contribution in [-0.4, -0.2) is 38.1 Å². The van der Waals surface area contributed by atoms with E-state index in [1.54, 1.807) is 0 Å². The number of piperidine rings is 1. The molecule has 94 valence electrons. The lowest BCUT2D eigenvalue weighted by atomic mass is 10.0. The van der Waals surface area contributed by atoms with E-state index in [4.69, 9.17) is 0 Å². The van der Waals surface area contributed by atoms with E-state index in [2.05, 4.69) is 64.1 Å². The van der Waals surface area contributed by atoms with E-state index in [0.29, 0.717) is 6.04 Å². The summed E-state index contributed by atoms with van der Waals surface area (Å²) in [4.78, 5) is 4.88. The van der Waals surface area contributed by atoms with Gasteiger partial charge in [0.15, 0.2) is 0 Å². The molecule has 0 bridgehead atoms. The summed E-state index contributed by atoms with van der Waals surface area (Å²) in [5, 5.41) is 0.937. The van der Waals surface area contributed by atoms with E-state index in [-0.39, 0.29) is 0 Å². The lowest BCUT2D eigenvalue weighted by Gasteiger charge is -2.38. The van der Waals surface area contributed by atoms with E-state index in [1.165, 1.54) is 30.6 Å². The van der Waals surface area contributed by atoms with Crippen LogP contribution in [0, 0.1) is 0 Å². The summed E-state index contributed by atoms with van der Waals surface area (Å²) in [6.45, 7) is 2.34. The summed E-state index contributed by atoms with van der Waals surface area (Å²) in [6.07, 6.45) is 2.61. The van der Waals surface area contributed by atoms with Crippen LogP contribution in [0.1, 0.15) is 18.4 Å². The fourth-order valence-electron chi connectivity index (χ4n) is 2.53. The number of alkyl halides is 1. The van der Waals surface area contributed by atoms with Crippen molar-refractivity contribution < 1.29 is 0 Å². The van der Waals surface area contributed by atoms with Gasteiger partial charge in [-0.1, -0.05) is 34.1 Å². The van der Waals surface area contributed by atoms with E-state index in [9.17, 15) is 0 Å². The molecule has 1 unspecified atom stereocenters. The van der Waals surface area contributed by atoms with Gasteiger partial charge in [0, 0.05) is 30.1 Å². The Hall–Kier alpha value is -0.540. The Morgan fingerprint density at radius 3 is 2.82 bits per heavy atom. The Morgan fingerprint density at radius 1 is 1.35 bits per heavy atom. The maximum absolute atomic E-state index is 3.58. The maximum Gasteiger partial charge on any atom is 0.0407 e. The van der Waals surface area contributed by atoms with Crippen molar-refractivity contribution in [1.29, 1.82) is 0 Å². The molecule has 0 aliphatic carbocycles. The summed E-state index contributed by atoms with van der Waals surface area (Å²) in [7, 11) is 4.37. The molecule has 0 spiro atoms. The second-order valence-electron chi connectivity index (χ2n) is 4.97. The maximum atomic E-state index is 3.58. The zero-order chi connectivity index (χ0) is 12.3. The molecular weight excluding hydrogens is 276 g/mol. The molecule has 17 heavy (non-hydrogen) atoms. The van der Waals surface area contributed by atoms with Crippen molar-refractivity contribution in [3.05, 3.63) is 29.8 Å². The second kappa shape index (κ2) is 5.87. The van der Waals surface area contributed by atoms with Gasteiger partial charge in [0.1, 0.15) is 0 Å². The highest BCUT2D eigenvalue weighted by atomic mass is 79.9. The van der Waals surface area contributed by atoms with Crippen LogP contribution in [0.4, 0.5) is 5.69 Å². The first-order chi connectivity index (χ1) is 8.22. The Labute approximate surface area is 113 Å². The molecule has 2 rings (SSSR count). The molecule has 1 aliphatic rings. The van der Waals surface area contributed by atoms with Crippen LogP contribution >= 0.6 is 15.9 Å². The molecule has 1 aliphatic heterocycles. The Kier molecular flexibility index (Phi) is 4.46. The monoisotopic (exact) mass is 296 g/mol. The summed E-state index contributed by atoms with van der Waals surface area (Å²) in [5.41, 5.74) is 2.79. The number of halogens is 1. The van der Waals surface area contributed by atoms with Gasteiger partial charge in [-0.25, -0.2) is 0 Å². The molecule has 0 radical (unpaired) electrons. The third-order valence-corrected chi connectivity index (χ3v) is 4.21. The molecule has 0 aromatic heterocycles. The first-order valence-corrected chi connectivity index (χ1v) is 7.39. The van der Waals surface area contributed by atoms with Crippen LogP contribution in [0.15, 0.2) is 24.3 Å². The van der Waals surface area contributed by atoms with Gasteiger partial charge in [-0.15, -0.1) is 0 Å². The first kappa shape index (κ1) is 12.9. The first-order valence-electron chi connectivity index (χ1n) is 6.27. The van der Waals surface area contributed by atoms with Gasteiger partial charge in [-0.2, -0.15) is 0 Å². The molecule has 1 aromatic carbocycles. The SMILES string of the molecule is CN(C)C1CCCN(c2ccccc2CBr)C1. The van der Waals surface area contributed by atoms with Crippen molar-refractivity contribution in [3.63, 3.8) is 0 Å². The average molecular weight is 297 g/mol. The molecule has 3 heteroatoms. The lowest BCUT2D eigenvalue weighted by molar-refractivity contribution is 0.258. The predicted molar refractivity (Wildman–Crippen MR) is 78.0 cm³/mol. The number of benzene rings is 1. The Balaban J connectivity index is 2.16. The number of hydrogen-bond acceptors (Lipinski definition) is 2. The van der Waals surface area contributed by atoms with Gasteiger partial charge < -0.3 is 9.80 Å². The topological polar surface area (TPSA) is 6.48 Å². The van der Waals surface area contributed by atoms with Gasteiger partial charge in [0.05, 0.1) is 0 Å². The highest BCUT2D eigenvalue weighted by Gasteiger charge is 2.22. The molecular formula is C14H21BrN2. The van der Waals surface area contributed by atoms with Crippen LogP contribution in [0.5, 0.6) is 0 Å². The molecule has 1 aromatic rings. The summed E-state index contributed by atoms with van der Waals surface area (Å²) in [5.74, 6) is 0. The Bertz CT molecular complexity index is 365. The fourth-order valence-corrected chi connectivity index (χ4v) is 3.00. The van der Waals surface area contributed by atoms with Crippen LogP contribution in [0.3, 0.4) is 0 Å². The number of likely N-dealkylation sites (N-methyl/N-ethyl adjacent to an activating group) is 1. The largest absolute Gasteiger partial charge is 0.370 e. The lowest BCUT2D eigenvalue weighted by Crippen LogP contribution is -2.45. The van der Waals surface area contributed by atoms with Gasteiger partial charge in [-0.05, 0) is 38.6 Å². The zero-order valence-electron chi connectivity index (χ0n) is 10.7. The van der Waals surface area contributed by atoms with Crippen molar-refractivity contribution in [2.45, 2.75) is 24.2 Å². The predicted octanol–water partition coefficient (Wildman–Crippen LogP) is 3.11. The number of hydrogen-bond donors (Lipinski definition) is 0. The number of nitrogens with zero attached hydrogens (tertiary/aromatic N) is 2. The van der Waals surface area contributed by atoms with Gasteiger partial charge in [0.25, 0.3) is 0 Å². The van der Waals surface area contributed by atoms with Crippen LogP contribution in [0.25, 0.3) is 0 Å². The smallest absolute Gasteiger partial charge is 0.0407 e. The van der Waals surface area contributed by atoms with Gasteiger partial charge in [0.2, 0.25) is 0 Å². The normalized spacial score (nSPS) is 20.9. The third-order valence-electron chi connectivity index (χ3n) is 3.60. The molecule has 2 nitrogen and oxygen atoms in total. The standard InChI is InChI=1S/C14H21BrN2/c1-16(2)13-7-5-9-17(11-13)14-8-4-3-6-12(14)10-15/h3-4,6,8,13H,5,7,9-11H2,1-2H3. The summed E-state index contributed by atoms with van der Waals surface area (Å²) >= 11 is 3.58. The van der Waals surface area contributed by atoms with Crippen LogP contribution in [0.2, 0.25) is 0 Å². The number of anilines is 1. The number of rotatable bonds is 3. The Morgan fingerprint density at radius 2 is 2.12 bits per heavy atom. The van der Waals surface area contributed by atoms with Gasteiger partial charge >= 0.3 is 0 Å². The van der Waals surface area contributed by atoms with E-state index < -0.39 is 0 Å². The van der Waals surface area contributed by atoms with E-state index >= 15 is 0 Å². The minimum absolute atomic E-state index is 0.687.